The Bertz CT molecular complexity index is 820. The van der Waals surface area contributed by atoms with Gasteiger partial charge in [-0.2, -0.15) is 4.57 Å². The fraction of sp³-hybridized carbons (Fsp3) is 0.0556. The topological polar surface area (TPSA) is 44.3 Å². The minimum Gasteiger partial charge on any atom is -0.508 e. The third kappa shape index (κ3) is 2.58. The summed E-state index contributed by atoms with van der Waals surface area (Å²) in [5, 5.41) is 20.3. The number of rotatable bonds is 2. The van der Waals surface area contributed by atoms with E-state index in [4.69, 9.17) is 0 Å². The quantitative estimate of drug-likeness (QED) is 0.707. The highest BCUT2D eigenvalue weighted by molar-refractivity contribution is 5.82. The normalized spacial score (nSPS) is 11.3. The number of fused-ring (bicyclic) bond motifs is 1. The van der Waals surface area contributed by atoms with E-state index in [1.54, 1.807) is 18.2 Å². The molecular weight excluding hydrogens is 262 g/mol. The van der Waals surface area contributed by atoms with Crippen LogP contribution in [0, 0.1) is 0 Å². The molecule has 3 aromatic rings. The van der Waals surface area contributed by atoms with Crippen LogP contribution in [-0.4, -0.2) is 10.2 Å². The average molecular weight is 278 g/mol. The van der Waals surface area contributed by atoms with E-state index in [1.165, 1.54) is 0 Å². The predicted octanol–water partition coefficient (Wildman–Crippen LogP) is 3.25. The van der Waals surface area contributed by atoms with Gasteiger partial charge in [-0.25, -0.2) is 0 Å². The Hall–Kier alpha value is -2.81. The Labute approximate surface area is 123 Å². The Morgan fingerprint density at radius 2 is 1.62 bits per heavy atom. The standard InChI is InChI=1S/C18H15NO2/c1-19-15(9-5-13-6-11-16(20)12-7-13)10-8-14-3-2-4-17(21)18(14)19/h2-12,21H,1H3/p+1. The largest absolute Gasteiger partial charge is 0.508 e. The van der Waals surface area contributed by atoms with E-state index in [9.17, 15) is 10.2 Å². The first-order valence-corrected chi connectivity index (χ1v) is 6.73. The number of hydrogen-bond acceptors (Lipinski definition) is 2. The number of aryl methyl sites for hydroxylation is 1. The first-order chi connectivity index (χ1) is 10.1. The van der Waals surface area contributed by atoms with Crippen molar-refractivity contribution in [3.8, 4) is 11.5 Å². The smallest absolute Gasteiger partial charge is 0.254 e. The number of hydrogen-bond donors (Lipinski definition) is 2. The first kappa shape index (κ1) is 13.2. The molecule has 104 valence electrons. The predicted molar refractivity (Wildman–Crippen MR) is 83.8 cm³/mol. The summed E-state index contributed by atoms with van der Waals surface area (Å²) in [5.74, 6) is 0.531. The molecule has 3 rings (SSSR count). The van der Waals surface area contributed by atoms with Crippen molar-refractivity contribution in [2.75, 3.05) is 0 Å². The van der Waals surface area contributed by atoms with Gasteiger partial charge in [-0.05, 0) is 42.0 Å². The van der Waals surface area contributed by atoms with Crippen LogP contribution in [0.1, 0.15) is 11.3 Å². The van der Waals surface area contributed by atoms with Gasteiger partial charge in [0.15, 0.2) is 5.75 Å². The molecule has 0 radical (unpaired) electrons. The van der Waals surface area contributed by atoms with E-state index < -0.39 is 0 Å². The minimum atomic E-state index is 0.258. The van der Waals surface area contributed by atoms with Gasteiger partial charge in [0.1, 0.15) is 12.8 Å². The van der Waals surface area contributed by atoms with Crippen molar-refractivity contribution in [1.29, 1.82) is 0 Å². The molecule has 0 aliphatic carbocycles. The SMILES string of the molecule is C[n+]1c(C=Cc2ccc(O)cc2)ccc2cccc(O)c21. The molecule has 0 unspecified atom stereocenters. The maximum absolute atomic E-state index is 10.0. The summed E-state index contributed by atoms with van der Waals surface area (Å²) in [6, 6.07) is 16.5. The van der Waals surface area contributed by atoms with Crippen LogP contribution < -0.4 is 4.57 Å². The van der Waals surface area contributed by atoms with Crippen LogP contribution >= 0.6 is 0 Å². The molecule has 0 saturated carbocycles. The summed E-state index contributed by atoms with van der Waals surface area (Å²) < 4.78 is 1.96. The molecule has 3 nitrogen and oxygen atoms in total. The highest BCUT2D eigenvalue weighted by Crippen LogP contribution is 2.21. The third-order valence-electron chi connectivity index (χ3n) is 3.54. The lowest BCUT2D eigenvalue weighted by atomic mass is 10.1. The minimum absolute atomic E-state index is 0.258. The molecule has 1 heterocycles. The molecule has 0 saturated heterocycles. The molecule has 0 bridgehead atoms. The van der Waals surface area contributed by atoms with Gasteiger partial charge in [0.25, 0.3) is 5.52 Å². The lowest BCUT2D eigenvalue weighted by Gasteiger charge is -2.02. The van der Waals surface area contributed by atoms with E-state index in [0.717, 1.165) is 22.2 Å². The van der Waals surface area contributed by atoms with Gasteiger partial charge >= 0.3 is 0 Å². The second-order valence-corrected chi connectivity index (χ2v) is 4.96. The number of aromatic hydroxyl groups is 2. The first-order valence-electron chi connectivity index (χ1n) is 6.73. The number of nitrogens with zero attached hydrogens (tertiary/aromatic N) is 1. The third-order valence-corrected chi connectivity index (χ3v) is 3.54. The van der Waals surface area contributed by atoms with Gasteiger partial charge in [0.2, 0.25) is 5.69 Å². The van der Waals surface area contributed by atoms with Crippen molar-refractivity contribution in [3.05, 3.63) is 65.9 Å². The van der Waals surface area contributed by atoms with E-state index in [-0.39, 0.29) is 11.5 Å². The van der Waals surface area contributed by atoms with Gasteiger partial charge in [-0.15, -0.1) is 0 Å². The summed E-state index contributed by atoms with van der Waals surface area (Å²) in [7, 11) is 1.93. The van der Waals surface area contributed by atoms with Crippen molar-refractivity contribution < 1.29 is 14.8 Å². The van der Waals surface area contributed by atoms with E-state index >= 15 is 0 Å². The molecule has 2 aromatic carbocycles. The number of benzene rings is 2. The maximum Gasteiger partial charge on any atom is 0.254 e. The molecule has 0 aliphatic rings. The zero-order valence-corrected chi connectivity index (χ0v) is 11.7. The van der Waals surface area contributed by atoms with E-state index in [1.807, 2.05) is 60.2 Å². The molecule has 0 aliphatic heterocycles. The van der Waals surface area contributed by atoms with Crippen molar-refractivity contribution in [3.63, 3.8) is 0 Å². The van der Waals surface area contributed by atoms with Crippen molar-refractivity contribution in [2.24, 2.45) is 7.05 Å². The molecule has 3 heteroatoms. The van der Waals surface area contributed by atoms with Crippen LogP contribution in [0.25, 0.3) is 23.1 Å². The molecule has 21 heavy (non-hydrogen) atoms. The lowest BCUT2D eigenvalue weighted by Crippen LogP contribution is -2.32. The lowest BCUT2D eigenvalue weighted by molar-refractivity contribution is -0.646. The van der Waals surface area contributed by atoms with E-state index in [2.05, 4.69) is 0 Å². The highest BCUT2D eigenvalue weighted by Gasteiger charge is 2.13. The Morgan fingerprint density at radius 3 is 2.38 bits per heavy atom. The summed E-state index contributed by atoms with van der Waals surface area (Å²) in [5.41, 5.74) is 2.80. The van der Waals surface area contributed by atoms with E-state index in [0.29, 0.717) is 0 Å². The van der Waals surface area contributed by atoms with Crippen LogP contribution in [0.2, 0.25) is 0 Å². The second-order valence-electron chi connectivity index (χ2n) is 4.96. The van der Waals surface area contributed by atoms with Gasteiger partial charge in [-0.1, -0.05) is 18.2 Å². The number of phenolic OH excluding ortho intramolecular Hbond substituents is 2. The van der Waals surface area contributed by atoms with Gasteiger partial charge in [0, 0.05) is 12.1 Å². The summed E-state index contributed by atoms with van der Waals surface area (Å²) in [4.78, 5) is 0. The molecule has 0 atom stereocenters. The molecular formula is C18H16NO2+. The number of pyridine rings is 1. The van der Waals surface area contributed by atoms with Crippen LogP contribution in [-0.2, 0) is 7.05 Å². The van der Waals surface area contributed by atoms with Gasteiger partial charge in [0.05, 0.1) is 5.39 Å². The number of phenols is 2. The molecule has 2 N–H and O–H groups in total. The maximum atomic E-state index is 10.0. The summed E-state index contributed by atoms with van der Waals surface area (Å²) in [6.07, 6.45) is 3.96. The molecule has 0 amide bonds. The zero-order chi connectivity index (χ0) is 14.8. The highest BCUT2D eigenvalue weighted by atomic mass is 16.3. The number of para-hydroxylation sites is 1. The van der Waals surface area contributed by atoms with Crippen molar-refractivity contribution >= 4 is 23.1 Å². The average Bonchev–Trinajstić information content (AvgIpc) is 2.48. The van der Waals surface area contributed by atoms with Crippen LogP contribution in [0.5, 0.6) is 11.5 Å². The fourth-order valence-corrected chi connectivity index (χ4v) is 2.40. The Balaban J connectivity index is 2.03. The molecule has 1 aromatic heterocycles. The monoisotopic (exact) mass is 278 g/mol. The summed E-state index contributed by atoms with van der Waals surface area (Å²) >= 11 is 0. The van der Waals surface area contributed by atoms with Gasteiger partial charge in [-0.3, -0.25) is 0 Å². The Morgan fingerprint density at radius 1 is 0.857 bits per heavy atom. The second kappa shape index (κ2) is 5.29. The van der Waals surface area contributed by atoms with Crippen LogP contribution in [0.4, 0.5) is 0 Å². The summed E-state index contributed by atoms with van der Waals surface area (Å²) in [6.45, 7) is 0. The zero-order valence-electron chi connectivity index (χ0n) is 11.7. The van der Waals surface area contributed by atoms with Crippen molar-refractivity contribution in [2.45, 2.75) is 0 Å². The molecule has 0 fully saturated rings. The van der Waals surface area contributed by atoms with Crippen LogP contribution in [0.15, 0.2) is 54.6 Å². The van der Waals surface area contributed by atoms with Crippen LogP contribution in [0.3, 0.4) is 0 Å². The van der Waals surface area contributed by atoms with Gasteiger partial charge < -0.3 is 10.2 Å². The number of aromatic nitrogens is 1. The fourth-order valence-electron chi connectivity index (χ4n) is 2.40. The van der Waals surface area contributed by atoms with Crippen molar-refractivity contribution in [1.82, 2.24) is 0 Å². The molecule has 0 spiro atoms. The Kier molecular flexibility index (Phi) is 3.32.